The fourth-order valence-corrected chi connectivity index (χ4v) is 4.86. The van der Waals surface area contributed by atoms with Gasteiger partial charge in [-0.3, -0.25) is 4.72 Å². The van der Waals surface area contributed by atoms with E-state index in [1.54, 1.807) is 12.1 Å². The number of aromatic nitrogens is 2. The number of rotatable bonds is 8. The Bertz CT molecular complexity index is 1620. The molecule has 10 heteroatoms. The van der Waals surface area contributed by atoms with Crippen LogP contribution in [-0.2, 0) is 15.4 Å². The molecule has 0 saturated heterocycles. The van der Waals surface area contributed by atoms with Gasteiger partial charge >= 0.3 is 0 Å². The molecule has 0 bridgehead atoms. The van der Waals surface area contributed by atoms with Gasteiger partial charge in [0.1, 0.15) is 12.7 Å². The Kier molecular flexibility index (Phi) is 7.60. The highest BCUT2D eigenvalue weighted by Crippen LogP contribution is 2.39. The molecule has 1 aromatic heterocycles. The first-order valence-electron chi connectivity index (χ1n) is 11.3. The Labute approximate surface area is 226 Å². The van der Waals surface area contributed by atoms with Gasteiger partial charge in [-0.15, -0.1) is 21.8 Å². The summed E-state index contributed by atoms with van der Waals surface area (Å²) in [4.78, 5) is 0. The molecular weight excluding hydrogens is 531 g/mol. The van der Waals surface area contributed by atoms with E-state index in [0.717, 1.165) is 33.9 Å². The van der Waals surface area contributed by atoms with Gasteiger partial charge in [0, 0.05) is 10.8 Å². The number of anilines is 1. The molecule has 0 aliphatic heterocycles. The van der Waals surface area contributed by atoms with Crippen LogP contribution in [0.15, 0.2) is 60.7 Å². The minimum atomic E-state index is -3.43. The molecular formula is C27H24Cl2N4O3S. The van der Waals surface area contributed by atoms with E-state index in [1.165, 1.54) is 0 Å². The lowest BCUT2D eigenvalue weighted by Gasteiger charge is -2.27. The predicted octanol–water partition coefficient (Wildman–Crippen LogP) is 6.14. The van der Waals surface area contributed by atoms with Crippen molar-refractivity contribution in [1.29, 1.82) is 5.26 Å². The first kappa shape index (κ1) is 26.7. The van der Waals surface area contributed by atoms with Crippen LogP contribution in [-0.4, -0.2) is 37.4 Å². The highest BCUT2D eigenvalue weighted by atomic mass is 35.5. The van der Waals surface area contributed by atoms with Gasteiger partial charge in [-0.05, 0) is 46.5 Å². The lowest BCUT2D eigenvalue weighted by molar-refractivity contribution is 0.341. The Morgan fingerprint density at radius 3 is 2.35 bits per heavy atom. The minimum absolute atomic E-state index is 0.174. The quantitative estimate of drug-likeness (QED) is 0.262. The van der Waals surface area contributed by atoms with Crippen molar-refractivity contribution in [1.82, 2.24) is 10.2 Å². The van der Waals surface area contributed by atoms with Crippen molar-refractivity contribution < 1.29 is 13.2 Å². The van der Waals surface area contributed by atoms with Crippen LogP contribution in [0.4, 0.5) is 5.82 Å². The average molecular weight is 555 g/mol. The Balaban J connectivity index is 1.62. The molecule has 1 heterocycles. The smallest absolute Gasteiger partial charge is 0.231 e. The molecule has 4 aromatic rings. The van der Waals surface area contributed by atoms with E-state index in [-0.39, 0.29) is 12.4 Å². The highest BCUT2D eigenvalue weighted by Gasteiger charge is 2.26. The zero-order chi connectivity index (χ0) is 26.8. The average Bonchev–Trinajstić information content (AvgIpc) is 2.86. The number of hydrogen-bond donors (Lipinski definition) is 1. The van der Waals surface area contributed by atoms with E-state index in [9.17, 15) is 13.7 Å². The van der Waals surface area contributed by atoms with Gasteiger partial charge in [0.25, 0.3) is 0 Å². The molecule has 37 heavy (non-hydrogen) atoms. The van der Waals surface area contributed by atoms with Crippen molar-refractivity contribution in [2.45, 2.75) is 19.3 Å². The number of nitriles is 1. The molecule has 3 aromatic carbocycles. The van der Waals surface area contributed by atoms with Gasteiger partial charge < -0.3 is 4.74 Å². The van der Waals surface area contributed by atoms with Gasteiger partial charge in [0.15, 0.2) is 11.6 Å². The summed E-state index contributed by atoms with van der Waals surface area (Å²) < 4.78 is 30.8. The third-order valence-electron chi connectivity index (χ3n) is 6.03. The molecule has 0 spiro atoms. The molecule has 0 radical (unpaired) electrons. The summed E-state index contributed by atoms with van der Waals surface area (Å²) in [6.45, 7) is 4.41. The molecule has 4 rings (SSSR count). The van der Waals surface area contributed by atoms with Gasteiger partial charge in [-0.25, -0.2) is 8.42 Å². The Morgan fingerprint density at radius 2 is 1.70 bits per heavy atom. The first-order valence-corrected chi connectivity index (χ1v) is 14.1. The van der Waals surface area contributed by atoms with Crippen LogP contribution >= 0.6 is 23.2 Å². The number of ether oxygens (including phenoxy) is 1. The summed E-state index contributed by atoms with van der Waals surface area (Å²) in [6.07, 6.45) is 1.07. The SMILES string of the molecule is CC(C)(c1ccc(-c2ccc3cc(NS(C)(=O)=O)nnc3c2)cc1)c1cc(Cl)c(OCCCl)c(C#N)c1. The molecule has 7 nitrogen and oxygen atoms in total. The van der Waals surface area contributed by atoms with Gasteiger partial charge in [-0.1, -0.05) is 61.8 Å². The molecule has 190 valence electrons. The summed E-state index contributed by atoms with van der Waals surface area (Å²) in [5.41, 5.74) is 4.45. The molecule has 0 fully saturated rings. The van der Waals surface area contributed by atoms with Gasteiger partial charge in [0.2, 0.25) is 10.0 Å². The third kappa shape index (κ3) is 5.96. The van der Waals surface area contributed by atoms with Crippen LogP contribution in [0, 0.1) is 11.3 Å². The fourth-order valence-electron chi connectivity index (χ4n) is 4.03. The highest BCUT2D eigenvalue weighted by molar-refractivity contribution is 7.92. The monoisotopic (exact) mass is 554 g/mol. The maximum absolute atomic E-state index is 11.5. The molecule has 0 aliphatic carbocycles. The topological polar surface area (TPSA) is 105 Å². The summed E-state index contributed by atoms with van der Waals surface area (Å²) in [5.74, 6) is 0.817. The summed E-state index contributed by atoms with van der Waals surface area (Å²) in [6, 6.07) is 21.3. The molecule has 0 aliphatic rings. The maximum Gasteiger partial charge on any atom is 0.231 e. The number of benzene rings is 3. The lowest BCUT2D eigenvalue weighted by Crippen LogP contribution is -2.19. The van der Waals surface area contributed by atoms with Crippen molar-refractivity contribution in [2.24, 2.45) is 0 Å². The van der Waals surface area contributed by atoms with Crippen molar-refractivity contribution in [3.05, 3.63) is 82.4 Å². The Hall–Kier alpha value is -3.38. The largest absolute Gasteiger partial charge is 0.489 e. The molecule has 0 unspecified atom stereocenters. The third-order valence-corrected chi connectivity index (χ3v) is 7.04. The molecule has 0 amide bonds. The fraction of sp³-hybridized carbons (Fsp3) is 0.222. The lowest BCUT2D eigenvalue weighted by atomic mass is 9.77. The predicted molar refractivity (Wildman–Crippen MR) is 148 cm³/mol. The standard InChI is InChI=1S/C27H24Cl2N4O3S/c1-27(2,22-12-20(16-30)26(23(29)15-22)36-11-10-28)21-8-6-17(7-9-21)18-4-5-19-14-25(33-37(3,34)35)32-31-24(19)13-18/h4-9,12-15H,10-11H2,1-3H3,(H,32,33). The van der Waals surface area contributed by atoms with Crippen molar-refractivity contribution in [3.63, 3.8) is 0 Å². The number of nitrogens with zero attached hydrogens (tertiary/aromatic N) is 3. The zero-order valence-electron chi connectivity index (χ0n) is 20.4. The summed E-state index contributed by atoms with van der Waals surface area (Å²) in [7, 11) is -3.43. The second kappa shape index (κ2) is 10.5. The maximum atomic E-state index is 11.5. The van der Waals surface area contributed by atoms with Crippen LogP contribution in [0.5, 0.6) is 5.75 Å². The number of halogens is 2. The van der Waals surface area contributed by atoms with E-state index >= 15 is 0 Å². The van der Waals surface area contributed by atoms with Crippen LogP contribution in [0.2, 0.25) is 5.02 Å². The zero-order valence-corrected chi connectivity index (χ0v) is 22.7. The van der Waals surface area contributed by atoms with Gasteiger partial charge in [0.05, 0.1) is 28.2 Å². The van der Waals surface area contributed by atoms with Crippen molar-refractivity contribution in [3.8, 4) is 22.9 Å². The summed E-state index contributed by atoms with van der Waals surface area (Å²) >= 11 is 12.2. The minimum Gasteiger partial charge on any atom is -0.489 e. The second-order valence-corrected chi connectivity index (χ2v) is 11.6. The summed E-state index contributed by atoms with van der Waals surface area (Å²) in [5, 5.41) is 18.9. The number of sulfonamides is 1. The number of alkyl halides is 1. The number of fused-ring (bicyclic) bond motifs is 1. The second-order valence-electron chi connectivity index (χ2n) is 9.06. The molecule has 1 N–H and O–H groups in total. The Morgan fingerprint density at radius 1 is 1.00 bits per heavy atom. The van der Waals surface area contributed by atoms with E-state index in [0.29, 0.717) is 27.7 Å². The van der Waals surface area contributed by atoms with Crippen molar-refractivity contribution >= 4 is 49.9 Å². The number of hydrogen-bond acceptors (Lipinski definition) is 6. The normalized spacial score (nSPS) is 11.8. The van der Waals surface area contributed by atoms with E-state index in [2.05, 4.69) is 34.8 Å². The van der Waals surface area contributed by atoms with Crippen LogP contribution in [0.3, 0.4) is 0 Å². The van der Waals surface area contributed by atoms with Gasteiger partial charge in [-0.2, -0.15) is 5.26 Å². The van der Waals surface area contributed by atoms with E-state index in [4.69, 9.17) is 27.9 Å². The van der Waals surface area contributed by atoms with E-state index < -0.39 is 15.4 Å². The number of nitrogens with one attached hydrogen (secondary N) is 1. The van der Waals surface area contributed by atoms with Crippen LogP contribution in [0.1, 0.15) is 30.5 Å². The molecule has 0 atom stereocenters. The molecule has 0 saturated carbocycles. The van der Waals surface area contributed by atoms with E-state index in [1.807, 2.05) is 48.5 Å². The van der Waals surface area contributed by atoms with Crippen molar-refractivity contribution in [2.75, 3.05) is 23.5 Å². The van der Waals surface area contributed by atoms with Crippen LogP contribution in [0.25, 0.3) is 22.0 Å². The van der Waals surface area contributed by atoms with Crippen LogP contribution < -0.4 is 9.46 Å². The first-order chi connectivity index (χ1) is 17.5.